The molecule has 1 aromatic heterocycles. The molecular weight excluding hydrogens is 260 g/mol. The number of hydrogen-bond acceptors (Lipinski definition) is 3. The second-order valence-corrected chi connectivity index (χ2v) is 6.80. The zero-order valence-electron chi connectivity index (χ0n) is 13.3. The maximum absolute atomic E-state index is 5.33. The third-order valence-corrected chi connectivity index (χ3v) is 5.69. The van der Waals surface area contributed by atoms with E-state index < -0.39 is 0 Å². The Balaban J connectivity index is 1.73. The molecule has 0 aliphatic heterocycles. The van der Waals surface area contributed by atoms with Crippen molar-refractivity contribution in [2.45, 2.75) is 51.0 Å². The minimum absolute atomic E-state index is 0.412. The first kappa shape index (κ1) is 14.8. The van der Waals surface area contributed by atoms with Crippen molar-refractivity contribution in [2.75, 3.05) is 14.2 Å². The van der Waals surface area contributed by atoms with Crippen LogP contribution in [0.4, 0.5) is 0 Å². The minimum Gasteiger partial charge on any atom is -0.495 e. The van der Waals surface area contributed by atoms with Crippen LogP contribution < -0.4 is 10.1 Å². The highest BCUT2D eigenvalue weighted by Gasteiger charge is 2.35. The maximum Gasteiger partial charge on any atom is 0.137 e. The summed E-state index contributed by atoms with van der Waals surface area (Å²) in [5.74, 6) is 3.57. The number of pyridine rings is 1. The van der Waals surface area contributed by atoms with Gasteiger partial charge in [0.05, 0.1) is 13.3 Å². The summed E-state index contributed by atoms with van der Waals surface area (Å²) in [6.07, 6.45) is 13.8. The summed E-state index contributed by atoms with van der Waals surface area (Å²) in [6, 6.07) is 2.55. The Kier molecular flexibility index (Phi) is 4.79. The van der Waals surface area contributed by atoms with Gasteiger partial charge in [-0.15, -0.1) is 0 Å². The van der Waals surface area contributed by atoms with E-state index in [1.807, 2.05) is 6.20 Å². The molecule has 2 aliphatic carbocycles. The number of rotatable bonds is 4. The second kappa shape index (κ2) is 6.78. The van der Waals surface area contributed by atoms with Gasteiger partial charge in [0.25, 0.3) is 0 Å². The second-order valence-electron chi connectivity index (χ2n) is 6.80. The largest absolute Gasteiger partial charge is 0.495 e. The third-order valence-electron chi connectivity index (χ3n) is 5.69. The van der Waals surface area contributed by atoms with Crippen LogP contribution in [0.3, 0.4) is 0 Å². The number of fused-ring (bicyclic) bond motifs is 1. The summed E-state index contributed by atoms with van der Waals surface area (Å²) in [7, 11) is 3.79. The first-order valence-electron chi connectivity index (χ1n) is 8.48. The number of methoxy groups -OCH3 is 1. The van der Waals surface area contributed by atoms with E-state index >= 15 is 0 Å². The van der Waals surface area contributed by atoms with E-state index in [1.165, 1.54) is 50.5 Å². The average Bonchev–Trinajstić information content (AvgIpc) is 2.56. The molecule has 0 amide bonds. The van der Waals surface area contributed by atoms with Crippen LogP contribution in [0, 0.1) is 17.8 Å². The molecule has 3 nitrogen and oxygen atoms in total. The standard InChI is InChI=1S/C18H28N2O/c1-19-18(16-10-17(21-2)12-20-11-16)15-8-7-13-5-3-4-6-14(13)9-15/h10-15,18-19H,3-9H2,1-2H3. The van der Waals surface area contributed by atoms with Gasteiger partial charge in [-0.25, -0.2) is 0 Å². The van der Waals surface area contributed by atoms with E-state index in [1.54, 1.807) is 13.3 Å². The first-order chi connectivity index (χ1) is 10.3. The molecule has 1 N–H and O–H groups in total. The number of aromatic nitrogens is 1. The number of nitrogens with one attached hydrogen (secondary N) is 1. The number of hydrogen-bond donors (Lipinski definition) is 1. The van der Waals surface area contributed by atoms with E-state index in [2.05, 4.69) is 23.4 Å². The lowest BCUT2D eigenvalue weighted by molar-refractivity contribution is 0.111. The van der Waals surface area contributed by atoms with Crippen molar-refractivity contribution in [1.29, 1.82) is 0 Å². The van der Waals surface area contributed by atoms with Gasteiger partial charge in [0.1, 0.15) is 5.75 Å². The first-order valence-corrected chi connectivity index (χ1v) is 8.48. The fourth-order valence-electron chi connectivity index (χ4n) is 4.60. The van der Waals surface area contributed by atoms with Gasteiger partial charge in [0, 0.05) is 12.2 Å². The summed E-state index contributed by atoms with van der Waals surface area (Å²) in [5, 5.41) is 3.54. The van der Waals surface area contributed by atoms with Crippen LogP contribution in [0.1, 0.15) is 56.6 Å². The Morgan fingerprint density at radius 2 is 1.95 bits per heavy atom. The normalized spacial score (nSPS) is 30.5. The highest BCUT2D eigenvalue weighted by Crippen LogP contribution is 2.46. The Hall–Kier alpha value is -1.09. The van der Waals surface area contributed by atoms with Crippen molar-refractivity contribution in [3.8, 4) is 5.75 Å². The predicted molar refractivity (Wildman–Crippen MR) is 85.4 cm³/mol. The molecule has 2 aliphatic rings. The molecule has 3 rings (SSSR count). The summed E-state index contributed by atoms with van der Waals surface area (Å²) in [6.45, 7) is 0. The van der Waals surface area contributed by atoms with Crippen molar-refractivity contribution in [3.05, 3.63) is 24.0 Å². The van der Waals surface area contributed by atoms with Gasteiger partial charge in [0.15, 0.2) is 0 Å². The summed E-state index contributed by atoms with van der Waals surface area (Å²) in [4.78, 5) is 4.34. The molecule has 4 atom stereocenters. The van der Waals surface area contributed by atoms with Gasteiger partial charge in [-0.3, -0.25) is 4.98 Å². The lowest BCUT2D eigenvalue weighted by Gasteiger charge is -2.42. The fourth-order valence-corrected chi connectivity index (χ4v) is 4.60. The van der Waals surface area contributed by atoms with E-state index in [9.17, 15) is 0 Å². The summed E-state index contributed by atoms with van der Waals surface area (Å²) >= 11 is 0. The van der Waals surface area contributed by atoms with Crippen molar-refractivity contribution in [1.82, 2.24) is 10.3 Å². The zero-order valence-corrected chi connectivity index (χ0v) is 13.3. The van der Waals surface area contributed by atoms with Gasteiger partial charge in [0.2, 0.25) is 0 Å². The molecule has 0 spiro atoms. The van der Waals surface area contributed by atoms with Gasteiger partial charge >= 0.3 is 0 Å². The lowest BCUT2D eigenvalue weighted by Crippen LogP contribution is -2.34. The summed E-state index contributed by atoms with van der Waals surface area (Å²) < 4.78 is 5.33. The Morgan fingerprint density at radius 1 is 1.14 bits per heavy atom. The highest BCUT2D eigenvalue weighted by molar-refractivity contribution is 5.26. The van der Waals surface area contributed by atoms with E-state index in [0.29, 0.717) is 6.04 Å². The molecule has 3 heteroatoms. The average molecular weight is 288 g/mol. The predicted octanol–water partition coefficient (Wildman–Crippen LogP) is 3.96. The van der Waals surface area contributed by atoms with Crippen LogP contribution in [0.5, 0.6) is 5.75 Å². The Bertz CT molecular complexity index is 462. The van der Waals surface area contributed by atoms with Gasteiger partial charge < -0.3 is 10.1 Å². The molecule has 0 aromatic carbocycles. The van der Waals surface area contributed by atoms with E-state index in [4.69, 9.17) is 4.74 Å². The maximum atomic E-state index is 5.33. The topological polar surface area (TPSA) is 34.2 Å². The van der Waals surface area contributed by atoms with Gasteiger partial charge in [-0.1, -0.05) is 25.7 Å². The number of nitrogens with zero attached hydrogens (tertiary/aromatic N) is 1. The van der Waals surface area contributed by atoms with Crippen LogP contribution in [0.15, 0.2) is 18.5 Å². The summed E-state index contributed by atoms with van der Waals surface area (Å²) in [5.41, 5.74) is 1.27. The van der Waals surface area contributed by atoms with Crippen molar-refractivity contribution in [3.63, 3.8) is 0 Å². The van der Waals surface area contributed by atoms with E-state index in [0.717, 1.165) is 23.5 Å². The molecule has 2 fully saturated rings. The molecule has 21 heavy (non-hydrogen) atoms. The Morgan fingerprint density at radius 3 is 2.71 bits per heavy atom. The molecule has 2 saturated carbocycles. The lowest BCUT2D eigenvalue weighted by atomic mass is 9.65. The van der Waals surface area contributed by atoms with E-state index in [-0.39, 0.29) is 0 Å². The van der Waals surface area contributed by atoms with Crippen LogP contribution in [0.25, 0.3) is 0 Å². The molecule has 1 heterocycles. The molecule has 0 radical (unpaired) electrons. The minimum atomic E-state index is 0.412. The van der Waals surface area contributed by atoms with Crippen molar-refractivity contribution >= 4 is 0 Å². The quantitative estimate of drug-likeness (QED) is 0.910. The molecule has 1 aromatic rings. The van der Waals surface area contributed by atoms with Gasteiger partial charge in [-0.05, 0) is 55.7 Å². The molecule has 116 valence electrons. The van der Waals surface area contributed by atoms with Crippen LogP contribution >= 0.6 is 0 Å². The monoisotopic (exact) mass is 288 g/mol. The van der Waals surface area contributed by atoms with Gasteiger partial charge in [-0.2, -0.15) is 0 Å². The van der Waals surface area contributed by atoms with Crippen LogP contribution in [-0.4, -0.2) is 19.1 Å². The molecule has 4 unspecified atom stereocenters. The fraction of sp³-hybridized carbons (Fsp3) is 0.722. The highest BCUT2D eigenvalue weighted by atomic mass is 16.5. The SMILES string of the molecule is CNC(c1cncc(OC)c1)C1CCC2CCCCC2C1. The van der Waals surface area contributed by atoms with Crippen LogP contribution in [0.2, 0.25) is 0 Å². The number of ether oxygens (including phenoxy) is 1. The van der Waals surface area contributed by atoms with Crippen LogP contribution in [-0.2, 0) is 0 Å². The zero-order chi connectivity index (χ0) is 14.7. The Labute approximate surface area is 128 Å². The molecule has 0 bridgehead atoms. The van der Waals surface area contributed by atoms with Crippen molar-refractivity contribution in [2.24, 2.45) is 17.8 Å². The molecular formula is C18H28N2O. The smallest absolute Gasteiger partial charge is 0.137 e. The molecule has 0 saturated heterocycles. The van der Waals surface area contributed by atoms with Crippen molar-refractivity contribution < 1.29 is 4.74 Å². The third kappa shape index (κ3) is 3.23.